The minimum absolute atomic E-state index is 0.174. The number of hydrogen-bond donors (Lipinski definition) is 2. The maximum absolute atomic E-state index is 9.27. The van der Waals surface area contributed by atoms with Crippen molar-refractivity contribution in [1.29, 1.82) is 0 Å². The summed E-state index contributed by atoms with van der Waals surface area (Å²) in [6, 6.07) is 4.45. The zero-order valence-corrected chi connectivity index (χ0v) is 13.9. The molecule has 0 aliphatic rings. The highest BCUT2D eigenvalue weighted by Crippen LogP contribution is 2.22. The summed E-state index contributed by atoms with van der Waals surface area (Å²) in [6.45, 7) is 9.02. The van der Waals surface area contributed by atoms with Crippen molar-refractivity contribution in [2.24, 2.45) is 5.92 Å². The van der Waals surface area contributed by atoms with E-state index in [0.717, 1.165) is 30.9 Å². The lowest BCUT2D eigenvalue weighted by Crippen LogP contribution is -2.26. The number of rotatable bonds is 8. The van der Waals surface area contributed by atoms with E-state index in [4.69, 9.17) is 0 Å². The van der Waals surface area contributed by atoms with Gasteiger partial charge in [-0.05, 0) is 31.4 Å². The lowest BCUT2D eigenvalue weighted by atomic mass is 10.1. The second-order valence-corrected chi connectivity index (χ2v) is 7.13. The number of nitrogens with one attached hydrogen (secondary N) is 1. The highest BCUT2D eigenvalue weighted by atomic mass is 32.1. The summed E-state index contributed by atoms with van der Waals surface area (Å²) in [7, 11) is 0. The van der Waals surface area contributed by atoms with Crippen molar-refractivity contribution in [1.82, 2.24) is 14.9 Å². The molecule has 0 fully saturated rings. The standard InChI is InChI=1S/C16H25N3OS/c1-12(2)8-14-4-5-15(21-14)9-19(6-7-20)10-16-13(3)17-11-18-16/h4-5,11-12,20H,6-10H2,1-3H3,(H,17,18). The number of aromatic amines is 1. The van der Waals surface area contributed by atoms with Crippen LogP contribution in [0.5, 0.6) is 0 Å². The molecule has 0 amide bonds. The summed E-state index contributed by atoms with van der Waals surface area (Å²) in [5, 5.41) is 9.27. The fourth-order valence-corrected chi connectivity index (χ4v) is 3.63. The van der Waals surface area contributed by atoms with Crippen LogP contribution in [0.25, 0.3) is 0 Å². The van der Waals surface area contributed by atoms with E-state index in [0.29, 0.717) is 12.5 Å². The lowest BCUT2D eigenvalue weighted by molar-refractivity contribution is 0.184. The number of nitrogens with zero attached hydrogens (tertiary/aromatic N) is 2. The Hall–Kier alpha value is -1.17. The number of thiophene rings is 1. The number of aliphatic hydroxyl groups excluding tert-OH is 1. The third-order valence-electron chi connectivity index (χ3n) is 3.43. The van der Waals surface area contributed by atoms with Crippen LogP contribution in [-0.4, -0.2) is 33.1 Å². The highest BCUT2D eigenvalue weighted by molar-refractivity contribution is 7.11. The van der Waals surface area contributed by atoms with E-state index < -0.39 is 0 Å². The van der Waals surface area contributed by atoms with Crippen molar-refractivity contribution >= 4 is 11.3 Å². The molecule has 0 bridgehead atoms. The van der Waals surface area contributed by atoms with Crippen LogP contribution < -0.4 is 0 Å². The Labute approximate surface area is 130 Å². The van der Waals surface area contributed by atoms with Crippen molar-refractivity contribution < 1.29 is 5.11 Å². The molecular formula is C16H25N3OS. The number of aliphatic hydroxyl groups is 1. The van der Waals surface area contributed by atoms with E-state index in [-0.39, 0.29) is 6.61 Å². The summed E-state index contributed by atoms with van der Waals surface area (Å²) >= 11 is 1.88. The average Bonchev–Trinajstić information content (AvgIpc) is 2.99. The predicted molar refractivity (Wildman–Crippen MR) is 87.4 cm³/mol. The van der Waals surface area contributed by atoms with Gasteiger partial charge in [0, 0.05) is 35.1 Å². The van der Waals surface area contributed by atoms with Gasteiger partial charge in [-0.3, -0.25) is 4.90 Å². The summed E-state index contributed by atoms with van der Waals surface area (Å²) in [6.07, 6.45) is 2.87. The molecule has 2 N–H and O–H groups in total. The first-order valence-electron chi connectivity index (χ1n) is 7.48. The molecule has 21 heavy (non-hydrogen) atoms. The Kier molecular flexibility index (Phi) is 5.96. The van der Waals surface area contributed by atoms with E-state index in [1.54, 1.807) is 6.33 Å². The third-order valence-corrected chi connectivity index (χ3v) is 4.52. The van der Waals surface area contributed by atoms with Gasteiger partial charge in [-0.15, -0.1) is 11.3 Å². The smallest absolute Gasteiger partial charge is 0.0925 e. The van der Waals surface area contributed by atoms with Crippen LogP contribution in [0.2, 0.25) is 0 Å². The fraction of sp³-hybridized carbons (Fsp3) is 0.562. The van der Waals surface area contributed by atoms with Gasteiger partial charge in [-0.25, -0.2) is 4.98 Å². The van der Waals surface area contributed by atoms with Gasteiger partial charge in [0.05, 0.1) is 18.6 Å². The largest absolute Gasteiger partial charge is 0.395 e. The normalized spacial score (nSPS) is 11.7. The average molecular weight is 307 g/mol. The molecule has 0 radical (unpaired) electrons. The summed E-state index contributed by atoms with van der Waals surface area (Å²) in [4.78, 5) is 12.5. The Morgan fingerprint density at radius 1 is 1.29 bits per heavy atom. The van der Waals surface area contributed by atoms with Crippen LogP contribution in [0.15, 0.2) is 18.5 Å². The Bertz CT molecular complexity index is 547. The minimum Gasteiger partial charge on any atom is -0.395 e. The van der Waals surface area contributed by atoms with Crippen molar-refractivity contribution in [2.45, 2.75) is 40.3 Å². The van der Waals surface area contributed by atoms with Gasteiger partial charge in [0.1, 0.15) is 0 Å². The van der Waals surface area contributed by atoms with Crippen LogP contribution in [0.1, 0.15) is 35.0 Å². The van der Waals surface area contributed by atoms with Crippen LogP contribution >= 0.6 is 11.3 Å². The maximum Gasteiger partial charge on any atom is 0.0925 e. The van der Waals surface area contributed by atoms with Gasteiger partial charge >= 0.3 is 0 Å². The number of hydrogen-bond acceptors (Lipinski definition) is 4. The molecule has 0 atom stereocenters. The van der Waals surface area contributed by atoms with E-state index in [1.165, 1.54) is 9.75 Å². The molecule has 2 aromatic rings. The first-order valence-corrected chi connectivity index (χ1v) is 8.29. The number of aryl methyl sites for hydroxylation is 1. The second-order valence-electron chi connectivity index (χ2n) is 5.87. The van der Waals surface area contributed by atoms with Crippen molar-refractivity contribution in [3.8, 4) is 0 Å². The quantitative estimate of drug-likeness (QED) is 0.788. The molecule has 0 aliphatic heterocycles. The predicted octanol–water partition coefficient (Wildman–Crippen LogP) is 2.97. The molecule has 2 heterocycles. The Balaban J connectivity index is 1.99. The summed E-state index contributed by atoms with van der Waals surface area (Å²) in [5.74, 6) is 0.691. The first-order chi connectivity index (χ1) is 10.1. The maximum atomic E-state index is 9.27. The molecule has 0 aromatic carbocycles. The molecule has 2 aromatic heterocycles. The van der Waals surface area contributed by atoms with Crippen LogP contribution in [0.3, 0.4) is 0 Å². The summed E-state index contributed by atoms with van der Waals surface area (Å²) < 4.78 is 0. The first kappa shape index (κ1) is 16.2. The molecule has 0 unspecified atom stereocenters. The SMILES string of the molecule is Cc1[nH]cnc1CN(CCO)Cc1ccc(CC(C)C)s1. The third kappa shape index (κ3) is 4.95. The van der Waals surface area contributed by atoms with Crippen LogP contribution in [0.4, 0.5) is 0 Å². The molecular weight excluding hydrogens is 282 g/mol. The molecule has 4 nitrogen and oxygen atoms in total. The van der Waals surface area contributed by atoms with Gasteiger partial charge in [-0.2, -0.15) is 0 Å². The zero-order chi connectivity index (χ0) is 15.2. The van der Waals surface area contributed by atoms with Crippen LogP contribution in [0, 0.1) is 12.8 Å². The molecule has 0 saturated carbocycles. The summed E-state index contributed by atoms with van der Waals surface area (Å²) in [5.41, 5.74) is 2.16. The molecule has 0 aliphatic carbocycles. The number of imidazole rings is 1. The van der Waals surface area contributed by atoms with Crippen molar-refractivity contribution in [3.05, 3.63) is 39.6 Å². The van der Waals surface area contributed by atoms with Crippen molar-refractivity contribution in [3.63, 3.8) is 0 Å². The van der Waals surface area contributed by atoms with Gasteiger partial charge in [0.15, 0.2) is 0 Å². The second kappa shape index (κ2) is 7.73. The van der Waals surface area contributed by atoms with Gasteiger partial charge in [0.2, 0.25) is 0 Å². The number of H-pyrrole nitrogens is 1. The Morgan fingerprint density at radius 2 is 2.05 bits per heavy atom. The molecule has 0 spiro atoms. The lowest BCUT2D eigenvalue weighted by Gasteiger charge is -2.19. The fourth-order valence-electron chi connectivity index (χ4n) is 2.35. The molecule has 0 saturated heterocycles. The van der Waals surface area contributed by atoms with Gasteiger partial charge in [-0.1, -0.05) is 13.8 Å². The topological polar surface area (TPSA) is 52.2 Å². The van der Waals surface area contributed by atoms with Gasteiger partial charge < -0.3 is 10.1 Å². The zero-order valence-electron chi connectivity index (χ0n) is 13.1. The molecule has 116 valence electrons. The minimum atomic E-state index is 0.174. The van der Waals surface area contributed by atoms with E-state index >= 15 is 0 Å². The van der Waals surface area contributed by atoms with Crippen molar-refractivity contribution in [2.75, 3.05) is 13.2 Å². The van der Waals surface area contributed by atoms with E-state index in [1.807, 2.05) is 18.3 Å². The van der Waals surface area contributed by atoms with E-state index in [2.05, 4.69) is 40.8 Å². The molecule has 2 rings (SSSR count). The van der Waals surface area contributed by atoms with E-state index in [9.17, 15) is 5.11 Å². The monoisotopic (exact) mass is 307 g/mol. The molecule has 5 heteroatoms. The van der Waals surface area contributed by atoms with Crippen LogP contribution in [-0.2, 0) is 19.5 Å². The number of aromatic nitrogens is 2. The highest BCUT2D eigenvalue weighted by Gasteiger charge is 2.12. The van der Waals surface area contributed by atoms with Gasteiger partial charge in [0.25, 0.3) is 0 Å². The Morgan fingerprint density at radius 3 is 2.67 bits per heavy atom.